The number of nitrogens with two attached hydrogens (primary N) is 1. The zero-order valence-electron chi connectivity index (χ0n) is 10.4. The number of hydrogen-bond acceptors (Lipinski definition) is 4. The van der Waals surface area contributed by atoms with E-state index in [9.17, 15) is 9.90 Å². The van der Waals surface area contributed by atoms with Gasteiger partial charge in [0.15, 0.2) is 5.75 Å². The molecule has 1 amide bonds. The first-order valence-electron chi connectivity index (χ1n) is 6.02. The number of nitrogen functional groups attached to an aromatic ring is 1. The van der Waals surface area contributed by atoms with Gasteiger partial charge in [0.2, 0.25) is 0 Å². The third-order valence-corrected chi connectivity index (χ3v) is 3.08. The Kier molecular flexibility index (Phi) is 3.72. The Balaban J connectivity index is 2.19. The van der Waals surface area contributed by atoms with E-state index in [-0.39, 0.29) is 28.9 Å². The van der Waals surface area contributed by atoms with E-state index < -0.39 is 0 Å². The van der Waals surface area contributed by atoms with Crippen molar-refractivity contribution in [3.63, 3.8) is 0 Å². The van der Waals surface area contributed by atoms with Crippen LogP contribution in [-0.2, 0) is 4.74 Å². The van der Waals surface area contributed by atoms with E-state index >= 15 is 0 Å². The molecule has 2 rings (SSSR count). The van der Waals surface area contributed by atoms with Crippen molar-refractivity contribution in [2.45, 2.75) is 18.9 Å². The van der Waals surface area contributed by atoms with Crippen LogP contribution in [0.3, 0.4) is 0 Å². The molecule has 1 fully saturated rings. The van der Waals surface area contributed by atoms with Gasteiger partial charge >= 0.3 is 0 Å². The first-order chi connectivity index (χ1) is 8.65. The molecule has 3 N–H and O–H groups in total. The number of para-hydroxylation sites is 1. The van der Waals surface area contributed by atoms with Crippen LogP contribution in [0.5, 0.6) is 5.75 Å². The summed E-state index contributed by atoms with van der Waals surface area (Å²) in [6.07, 6.45) is 2.02. The van der Waals surface area contributed by atoms with Crippen LogP contribution in [-0.4, -0.2) is 42.2 Å². The number of aromatic hydroxyl groups is 1. The third kappa shape index (κ3) is 2.56. The van der Waals surface area contributed by atoms with Crippen molar-refractivity contribution in [1.82, 2.24) is 4.90 Å². The van der Waals surface area contributed by atoms with Crippen molar-refractivity contribution in [3.8, 4) is 5.75 Å². The van der Waals surface area contributed by atoms with Gasteiger partial charge in [-0.25, -0.2) is 0 Å². The number of anilines is 1. The maximum atomic E-state index is 12.4. The van der Waals surface area contributed by atoms with E-state index in [1.165, 1.54) is 0 Å². The van der Waals surface area contributed by atoms with E-state index in [1.807, 2.05) is 0 Å². The predicted octanol–water partition coefficient (Wildman–Crippen LogP) is 1.23. The lowest BCUT2D eigenvalue weighted by molar-refractivity contribution is 0.0677. The molecule has 98 valence electrons. The fourth-order valence-corrected chi connectivity index (χ4v) is 1.91. The molecule has 0 bridgehead atoms. The van der Waals surface area contributed by atoms with Gasteiger partial charge in [-0.2, -0.15) is 0 Å². The summed E-state index contributed by atoms with van der Waals surface area (Å²) < 4.78 is 5.01. The van der Waals surface area contributed by atoms with Crippen LogP contribution in [0.2, 0.25) is 0 Å². The highest BCUT2D eigenvalue weighted by atomic mass is 16.5. The topological polar surface area (TPSA) is 75.8 Å². The molecule has 0 aromatic heterocycles. The standard InChI is InChI=1S/C13H18N2O3/c1-18-8-7-15(9-5-6-9)13(17)10-3-2-4-11(14)12(10)16/h2-4,9,16H,5-8,14H2,1H3. The van der Waals surface area contributed by atoms with Crippen LogP contribution in [0.25, 0.3) is 0 Å². The van der Waals surface area contributed by atoms with Crippen molar-refractivity contribution < 1.29 is 14.6 Å². The Morgan fingerprint density at radius 3 is 2.89 bits per heavy atom. The second-order valence-electron chi connectivity index (χ2n) is 4.47. The molecular formula is C13H18N2O3. The molecule has 0 aliphatic heterocycles. The number of carbonyl (C=O) groups excluding carboxylic acids is 1. The number of phenols is 1. The SMILES string of the molecule is COCCN(C(=O)c1cccc(N)c1O)C1CC1. The number of benzene rings is 1. The number of nitrogens with zero attached hydrogens (tertiary/aromatic N) is 1. The zero-order chi connectivity index (χ0) is 13.1. The lowest BCUT2D eigenvalue weighted by atomic mass is 10.1. The summed E-state index contributed by atoms with van der Waals surface area (Å²) in [5.74, 6) is -0.315. The van der Waals surface area contributed by atoms with Gasteiger partial charge < -0.3 is 20.5 Å². The maximum absolute atomic E-state index is 12.4. The maximum Gasteiger partial charge on any atom is 0.258 e. The largest absolute Gasteiger partial charge is 0.505 e. The Morgan fingerprint density at radius 1 is 1.56 bits per heavy atom. The first kappa shape index (κ1) is 12.7. The summed E-state index contributed by atoms with van der Waals surface area (Å²) >= 11 is 0. The van der Waals surface area contributed by atoms with Gasteiger partial charge in [-0.15, -0.1) is 0 Å². The van der Waals surface area contributed by atoms with E-state index in [0.717, 1.165) is 12.8 Å². The van der Waals surface area contributed by atoms with Gasteiger partial charge in [0.25, 0.3) is 5.91 Å². The van der Waals surface area contributed by atoms with E-state index in [4.69, 9.17) is 10.5 Å². The summed E-state index contributed by atoms with van der Waals surface area (Å²) in [6.45, 7) is 1.03. The van der Waals surface area contributed by atoms with Crippen LogP contribution < -0.4 is 5.73 Å². The molecule has 0 saturated heterocycles. The van der Waals surface area contributed by atoms with E-state index in [0.29, 0.717) is 13.2 Å². The second-order valence-corrected chi connectivity index (χ2v) is 4.47. The van der Waals surface area contributed by atoms with E-state index in [2.05, 4.69) is 0 Å². The quantitative estimate of drug-likeness (QED) is 0.608. The molecule has 1 saturated carbocycles. The molecule has 5 heteroatoms. The van der Waals surface area contributed by atoms with Gasteiger partial charge in [0.05, 0.1) is 17.9 Å². The molecule has 1 aromatic carbocycles. The van der Waals surface area contributed by atoms with Crippen LogP contribution in [0.15, 0.2) is 18.2 Å². The fourth-order valence-electron chi connectivity index (χ4n) is 1.91. The minimum atomic E-state index is -0.181. The normalized spacial score (nSPS) is 14.5. The van der Waals surface area contributed by atoms with Gasteiger partial charge in [0.1, 0.15) is 0 Å². The van der Waals surface area contributed by atoms with Gasteiger partial charge in [-0.05, 0) is 25.0 Å². The highest BCUT2D eigenvalue weighted by Crippen LogP contribution is 2.31. The molecule has 1 aliphatic carbocycles. The van der Waals surface area contributed by atoms with Gasteiger partial charge in [-0.3, -0.25) is 4.79 Å². The molecule has 0 spiro atoms. The van der Waals surface area contributed by atoms with Crippen molar-refractivity contribution in [3.05, 3.63) is 23.8 Å². The summed E-state index contributed by atoms with van der Waals surface area (Å²) in [5, 5.41) is 9.84. The molecule has 1 aromatic rings. The van der Waals surface area contributed by atoms with Crippen LogP contribution in [0.1, 0.15) is 23.2 Å². The predicted molar refractivity (Wildman–Crippen MR) is 68.5 cm³/mol. The molecule has 5 nitrogen and oxygen atoms in total. The number of amides is 1. The monoisotopic (exact) mass is 250 g/mol. The number of rotatable bonds is 5. The average Bonchev–Trinajstić information content (AvgIpc) is 3.17. The van der Waals surface area contributed by atoms with Crippen molar-refractivity contribution in [2.24, 2.45) is 0 Å². The molecule has 0 atom stereocenters. The number of phenolic OH excluding ortho intramolecular Hbond substituents is 1. The zero-order valence-corrected chi connectivity index (χ0v) is 10.4. The molecule has 0 radical (unpaired) electrons. The van der Waals surface area contributed by atoms with E-state index in [1.54, 1.807) is 30.2 Å². The minimum absolute atomic E-state index is 0.134. The minimum Gasteiger partial charge on any atom is -0.505 e. The van der Waals surface area contributed by atoms with Gasteiger partial charge in [-0.1, -0.05) is 6.07 Å². The second kappa shape index (κ2) is 5.27. The summed E-state index contributed by atoms with van der Waals surface area (Å²) in [5.41, 5.74) is 6.09. The molecule has 0 heterocycles. The lowest BCUT2D eigenvalue weighted by Crippen LogP contribution is -2.35. The molecule has 18 heavy (non-hydrogen) atoms. The van der Waals surface area contributed by atoms with Crippen molar-refractivity contribution >= 4 is 11.6 Å². The number of methoxy groups -OCH3 is 1. The summed E-state index contributed by atoms with van der Waals surface area (Å²) in [4.78, 5) is 14.1. The molecular weight excluding hydrogens is 232 g/mol. The Labute approximate surface area is 106 Å². The molecule has 0 unspecified atom stereocenters. The number of carbonyl (C=O) groups is 1. The van der Waals surface area contributed by atoms with Crippen molar-refractivity contribution in [1.29, 1.82) is 0 Å². The number of hydrogen-bond donors (Lipinski definition) is 2. The van der Waals surface area contributed by atoms with Crippen molar-refractivity contribution in [2.75, 3.05) is 26.0 Å². The molecule has 1 aliphatic rings. The Hall–Kier alpha value is -1.75. The fraction of sp³-hybridized carbons (Fsp3) is 0.462. The first-order valence-corrected chi connectivity index (χ1v) is 6.02. The van der Waals surface area contributed by atoms with Gasteiger partial charge in [0, 0.05) is 19.7 Å². The Morgan fingerprint density at radius 2 is 2.28 bits per heavy atom. The van der Waals surface area contributed by atoms with Crippen LogP contribution in [0, 0.1) is 0 Å². The summed E-state index contributed by atoms with van der Waals surface area (Å²) in [6, 6.07) is 5.11. The number of ether oxygens (including phenoxy) is 1. The summed E-state index contributed by atoms with van der Waals surface area (Å²) in [7, 11) is 1.60. The average molecular weight is 250 g/mol. The third-order valence-electron chi connectivity index (χ3n) is 3.08. The highest BCUT2D eigenvalue weighted by molar-refractivity contribution is 5.98. The van der Waals surface area contributed by atoms with Crippen LogP contribution >= 0.6 is 0 Å². The lowest BCUT2D eigenvalue weighted by Gasteiger charge is -2.22. The highest BCUT2D eigenvalue weighted by Gasteiger charge is 2.33. The van der Waals surface area contributed by atoms with Crippen LogP contribution in [0.4, 0.5) is 5.69 Å². The smallest absolute Gasteiger partial charge is 0.258 e. The Bertz CT molecular complexity index is 444.